The lowest BCUT2D eigenvalue weighted by Crippen LogP contribution is -2.31. The Labute approximate surface area is 143 Å². The van der Waals surface area contributed by atoms with E-state index in [1.165, 1.54) is 44.5 Å². The van der Waals surface area contributed by atoms with Crippen LogP contribution in [0.5, 0.6) is 0 Å². The highest BCUT2D eigenvalue weighted by molar-refractivity contribution is 6.42. The van der Waals surface area contributed by atoms with Crippen LogP contribution in [0.2, 0.25) is 0 Å². The number of benzene rings is 1. The molecule has 1 aliphatic heterocycles. The first-order chi connectivity index (χ1) is 12.0. The molecule has 7 nitrogen and oxygen atoms in total. The molecular weight excluding hydrogens is 324 g/mol. The third-order valence-electron chi connectivity index (χ3n) is 3.80. The molecule has 1 N–H and O–H groups in total. The Morgan fingerprint density at radius 2 is 1.96 bits per heavy atom. The summed E-state index contributed by atoms with van der Waals surface area (Å²) in [5, 5.41) is 10.6. The van der Waals surface area contributed by atoms with Crippen molar-refractivity contribution < 1.29 is 24.2 Å². The summed E-state index contributed by atoms with van der Waals surface area (Å²) in [6.45, 7) is 1.25. The minimum atomic E-state index is -0.673. The van der Waals surface area contributed by atoms with Crippen LogP contribution in [0.4, 0.5) is 5.69 Å². The van der Waals surface area contributed by atoms with Crippen molar-refractivity contribution in [2.75, 3.05) is 12.0 Å². The van der Waals surface area contributed by atoms with Gasteiger partial charge in [0, 0.05) is 18.7 Å². The van der Waals surface area contributed by atoms with Crippen molar-refractivity contribution in [3.05, 3.63) is 59.4 Å². The number of methoxy groups -OCH3 is 1. The molecular formula is C18H14N2O5. The summed E-state index contributed by atoms with van der Waals surface area (Å²) in [6, 6.07) is 9.21. The van der Waals surface area contributed by atoms with E-state index < -0.39 is 17.8 Å². The Bertz CT molecular complexity index is 918. The van der Waals surface area contributed by atoms with Gasteiger partial charge in [-0.15, -0.1) is 0 Å². The summed E-state index contributed by atoms with van der Waals surface area (Å²) in [5.41, 5.74) is 0.861. The maximum absolute atomic E-state index is 12.7. The number of ether oxygens (including phenoxy) is 1. The summed E-state index contributed by atoms with van der Waals surface area (Å²) in [6.07, 6.45) is 1.47. The summed E-state index contributed by atoms with van der Waals surface area (Å²) in [4.78, 5) is 41.4. The van der Waals surface area contributed by atoms with Gasteiger partial charge in [0.15, 0.2) is 5.76 Å². The van der Waals surface area contributed by atoms with Crippen LogP contribution in [0.1, 0.15) is 28.5 Å². The van der Waals surface area contributed by atoms with Gasteiger partial charge in [0.2, 0.25) is 5.91 Å². The Morgan fingerprint density at radius 3 is 2.56 bits per heavy atom. The Morgan fingerprint density at radius 1 is 1.20 bits per heavy atom. The van der Waals surface area contributed by atoms with Gasteiger partial charge in [-0.25, -0.2) is 9.69 Å². The fourth-order valence-electron chi connectivity index (χ4n) is 2.68. The van der Waals surface area contributed by atoms with E-state index in [2.05, 4.69) is 9.72 Å². The number of rotatable bonds is 2. The lowest BCUT2D eigenvalue weighted by atomic mass is 10.0. The van der Waals surface area contributed by atoms with Crippen molar-refractivity contribution in [3.8, 4) is 0 Å². The van der Waals surface area contributed by atoms with Gasteiger partial charge in [0.1, 0.15) is 5.69 Å². The number of esters is 1. The Hall–Kier alpha value is -3.48. The number of anilines is 1. The number of aliphatic hydroxyl groups is 1. The van der Waals surface area contributed by atoms with E-state index >= 15 is 0 Å². The predicted octanol–water partition coefficient (Wildman–Crippen LogP) is 2.19. The number of fused-ring (bicyclic) bond motifs is 1. The Balaban J connectivity index is 2.27. The maximum atomic E-state index is 12.7. The minimum Gasteiger partial charge on any atom is -0.505 e. The molecule has 0 saturated heterocycles. The zero-order valence-electron chi connectivity index (χ0n) is 13.5. The number of amides is 2. The number of aromatic nitrogens is 1. The first-order valence-corrected chi connectivity index (χ1v) is 7.38. The fourth-order valence-corrected chi connectivity index (χ4v) is 2.68. The Kier molecular flexibility index (Phi) is 4.06. The molecule has 3 rings (SSSR count). The number of carbonyl (C=O) groups is 3. The van der Waals surface area contributed by atoms with Crippen molar-refractivity contribution in [2.24, 2.45) is 0 Å². The molecule has 1 aromatic heterocycles. The quantitative estimate of drug-likeness (QED) is 0.512. The second-order valence-corrected chi connectivity index (χ2v) is 5.32. The lowest BCUT2D eigenvalue weighted by Gasteiger charge is -2.12. The number of hydrogen-bond acceptors (Lipinski definition) is 6. The molecule has 2 aromatic rings. The first kappa shape index (κ1) is 16.4. The van der Waals surface area contributed by atoms with Gasteiger partial charge in [-0.05, 0) is 30.3 Å². The third-order valence-corrected chi connectivity index (χ3v) is 3.80. The molecule has 2 amide bonds. The highest BCUT2D eigenvalue weighted by Gasteiger charge is 2.38. The van der Waals surface area contributed by atoms with Crippen LogP contribution < -0.4 is 4.90 Å². The highest BCUT2D eigenvalue weighted by atomic mass is 16.5. The molecule has 0 atom stereocenters. The van der Waals surface area contributed by atoms with Crippen LogP contribution >= 0.6 is 0 Å². The number of hydrogen-bond donors (Lipinski definition) is 1. The van der Waals surface area contributed by atoms with E-state index in [1.807, 2.05) is 0 Å². The molecule has 7 heteroatoms. The van der Waals surface area contributed by atoms with Crippen molar-refractivity contribution in [1.82, 2.24) is 4.98 Å². The largest absolute Gasteiger partial charge is 0.505 e. The van der Waals surface area contributed by atoms with Crippen molar-refractivity contribution in [2.45, 2.75) is 6.92 Å². The van der Waals surface area contributed by atoms with E-state index in [0.29, 0.717) is 5.69 Å². The number of pyridine rings is 1. The molecule has 1 aliphatic rings. The van der Waals surface area contributed by atoms with E-state index in [9.17, 15) is 19.5 Å². The van der Waals surface area contributed by atoms with E-state index in [-0.39, 0.29) is 28.2 Å². The second-order valence-electron chi connectivity index (χ2n) is 5.32. The molecule has 0 saturated carbocycles. The topological polar surface area (TPSA) is 96.8 Å². The van der Waals surface area contributed by atoms with Crippen molar-refractivity contribution in [1.29, 1.82) is 0 Å². The first-order valence-electron chi connectivity index (χ1n) is 7.38. The van der Waals surface area contributed by atoms with Crippen LogP contribution in [0.25, 0.3) is 11.3 Å². The average Bonchev–Trinajstić information content (AvgIpc) is 2.92. The minimum absolute atomic E-state index is 0.0883. The zero-order chi connectivity index (χ0) is 18.1. The van der Waals surface area contributed by atoms with Gasteiger partial charge < -0.3 is 9.84 Å². The molecule has 126 valence electrons. The summed E-state index contributed by atoms with van der Waals surface area (Å²) in [5.74, 6) is -2.13. The van der Waals surface area contributed by atoms with Crippen LogP contribution in [-0.4, -0.2) is 35.0 Å². The standard InChI is InChI=1S/C18H14N2O5/c1-10(21)20-14-7-6-11(18(24)25-2)9-12(14)15(17(20)23)16(22)13-5-3-4-8-19-13/h3-9,22H,1-2H3/b16-15-. The summed E-state index contributed by atoms with van der Waals surface area (Å²) < 4.78 is 4.68. The number of carbonyl (C=O) groups excluding carboxylic acids is 3. The summed E-state index contributed by atoms with van der Waals surface area (Å²) >= 11 is 0. The van der Waals surface area contributed by atoms with Gasteiger partial charge >= 0.3 is 5.97 Å². The highest BCUT2D eigenvalue weighted by Crippen LogP contribution is 2.40. The van der Waals surface area contributed by atoms with Crippen molar-refractivity contribution >= 4 is 34.8 Å². The van der Waals surface area contributed by atoms with Crippen LogP contribution in [-0.2, 0) is 14.3 Å². The fraction of sp³-hybridized carbons (Fsp3) is 0.111. The second kappa shape index (κ2) is 6.20. The van der Waals surface area contributed by atoms with E-state index in [0.717, 1.165) is 4.90 Å². The SMILES string of the molecule is COC(=O)c1ccc2c(c1)/C(=C(/O)c1ccccn1)C(=O)N2C(C)=O. The molecule has 0 spiro atoms. The molecule has 0 bridgehead atoms. The predicted molar refractivity (Wildman–Crippen MR) is 89.6 cm³/mol. The average molecular weight is 338 g/mol. The third kappa shape index (κ3) is 2.65. The normalized spacial score (nSPS) is 15.0. The van der Waals surface area contributed by atoms with Gasteiger partial charge in [-0.3, -0.25) is 14.6 Å². The van der Waals surface area contributed by atoms with Crippen LogP contribution in [0.15, 0.2) is 42.6 Å². The van der Waals surface area contributed by atoms with Gasteiger partial charge in [-0.2, -0.15) is 0 Å². The smallest absolute Gasteiger partial charge is 0.337 e. The maximum Gasteiger partial charge on any atom is 0.337 e. The summed E-state index contributed by atoms with van der Waals surface area (Å²) in [7, 11) is 1.24. The molecule has 2 heterocycles. The van der Waals surface area contributed by atoms with Gasteiger partial charge in [0.25, 0.3) is 5.91 Å². The molecule has 0 unspecified atom stereocenters. The zero-order valence-corrected chi connectivity index (χ0v) is 13.5. The number of imide groups is 1. The van der Waals surface area contributed by atoms with E-state index in [4.69, 9.17) is 0 Å². The monoisotopic (exact) mass is 338 g/mol. The number of nitrogens with zero attached hydrogens (tertiary/aromatic N) is 2. The van der Waals surface area contributed by atoms with Gasteiger partial charge in [-0.1, -0.05) is 6.07 Å². The van der Waals surface area contributed by atoms with Crippen LogP contribution in [0, 0.1) is 0 Å². The molecule has 25 heavy (non-hydrogen) atoms. The molecule has 0 radical (unpaired) electrons. The molecule has 0 aliphatic carbocycles. The lowest BCUT2D eigenvalue weighted by molar-refractivity contribution is -0.122. The molecule has 1 aromatic carbocycles. The molecule has 0 fully saturated rings. The van der Waals surface area contributed by atoms with E-state index in [1.54, 1.807) is 12.1 Å². The van der Waals surface area contributed by atoms with Crippen molar-refractivity contribution in [3.63, 3.8) is 0 Å². The number of aliphatic hydroxyl groups excluding tert-OH is 1. The van der Waals surface area contributed by atoms with Crippen LogP contribution in [0.3, 0.4) is 0 Å². The van der Waals surface area contributed by atoms with Gasteiger partial charge in [0.05, 0.1) is 23.9 Å².